The van der Waals surface area contributed by atoms with Crippen molar-refractivity contribution in [2.45, 2.75) is 38.5 Å². The Labute approximate surface area is 108 Å². The van der Waals surface area contributed by atoms with Crippen LogP contribution in [0.5, 0.6) is 0 Å². The van der Waals surface area contributed by atoms with Crippen molar-refractivity contribution in [3.63, 3.8) is 0 Å². The lowest BCUT2D eigenvalue weighted by Crippen LogP contribution is -2.40. The topological polar surface area (TPSA) is 49.0 Å². The molecule has 1 amide bonds. The van der Waals surface area contributed by atoms with Crippen LogP contribution in [0, 0.1) is 11.8 Å². The molecule has 1 aliphatic carbocycles. The van der Waals surface area contributed by atoms with Crippen molar-refractivity contribution < 1.29 is 4.79 Å². The first-order valence-electron chi connectivity index (χ1n) is 7.07. The van der Waals surface area contributed by atoms with Crippen LogP contribution in [0.3, 0.4) is 0 Å². The van der Waals surface area contributed by atoms with Gasteiger partial charge < -0.3 is 4.90 Å². The molecule has 0 bridgehead atoms. The predicted octanol–water partition coefficient (Wildman–Crippen LogP) is 1.99. The average Bonchev–Trinajstić information content (AvgIpc) is 3.04. The van der Waals surface area contributed by atoms with Crippen LogP contribution < -0.4 is 0 Å². The molecule has 1 unspecified atom stereocenters. The van der Waals surface area contributed by atoms with Crippen LogP contribution in [0.4, 0.5) is 0 Å². The normalized spacial score (nSPS) is 24.2. The van der Waals surface area contributed by atoms with Crippen LogP contribution in [0.25, 0.3) is 0 Å². The highest BCUT2D eigenvalue weighted by atomic mass is 16.2. The minimum atomic E-state index is 0.381. The third-order valence-electron chi connectivity index (χ3n) is 4.10. The summed E-state index contributed by atoms with van der Waals surface area (Å²) in [5.74, 6) is 1.68. The molecule has 2 heterocycles. The largest absolute Gasteiger partial charge is 0.342 e. The molecular formula is C14H21N3O. The van der Waals surface area contributed by atoms with Crippen molar-refractivity contribution in [1.82, 2.24) is 15.1 Å². The number of nitrogens with one attached hydrogen (secondary N) is 1. The molecule has 0 aromatic carbocycles. The van der Waals surface area contributed by atoms with E-state index in [0.717, 1.165) is 32.4 Å². The van der Waals surface area contributed by atoms with Gasteiger partial charge in [0, 0.05) is 31.4 Å². The van der Waals surface area contributed by atoms with Crippen LogP contribution in [-0.2, 0) is 11.2 Å². The molecular weight excluding hydrogens is 226 g/mol. The van der Waals surface area contributed by atoms with Crippen molar-refractivity contribution in [3.8, 4) is 0 Å². The first-order valence-corrected chi connectivity index (χ1v) is 7.07. The van der Waals surface area contributed by atoms with E-state index in [-0.39, 0.29) is 0 Å². The second-order valence-corrected chi connectivity index (χ2v) is 5.78. The highest BCUT2D eigenvalue weighted by Gasteiger charge is 2.29. The first-order chi connectivity index (χ1) is 8.81. The molecule has 3 rings (SSSR count). The van der Waals surface area contributed by atoms with E-state index in [4.69, 9.17) is 0 Å². The van der Waals surface area contributed by atoms with Gasteiger partial charge in [-0.25, -0.2) is 0 Å². The number of nitrogens with zero attached hydrogens (tertiary/aromatic N) is 2. The maximum Gasteiger partial charge on any atom is 0.222 e. The summed E-state index contributed by atoms with van der Waals surface area (Å²) >= 11 is 0. The van der Waals surface area contributed by atoms with Gasteiger partial charge in [-0.15, -0.1) is 0 Å². The lowest BCUT2D eigenvalue weighted by Gasteiger charge is -2.32. The van der Waals surface area contributed by atoms with Crippen molar-refractivity contribution in [2.24, 2.45) is 11.8 Å². The minimum Gasteiger partial charge on any atom is -0.342 e. The standard InChI is InChI=1S/C14H21N3O/c18-14(9-11-3-4-11)17-7-1-2-12(10-17)8-13-5-6-15-16-13/h5-6,11-12H,1-4,7-10H2,(H,15,16). The summed E-state index contributed by atoms with van der Waals surface area (Å²) in [7, 11) is 0. The lowest BCUT2D eigenvalue weighted by atomic mass is 9.93. The van der Waals surface area contributed by atoms with Gasteiger partial charge in [0.15, 0.2) is 0 Å². The molecule has 2 aliphatic rings. The summed E-state index contributed by atoms with van der Waals surface area (Å²) in [6.45, 7) is 1.90. The Hall–Kier alpha value is -1.32. The zero-order valence-electron chi connectivity index (χ0n) is 10.8. The quantitative estimate of drug-likeness (QED) is 0.884. The Kier molecular flexibility index (Phi) is 3.35. The number of rotatable bonds is 4. The van der Waals surface area contributed by atoms with Crippen molar-refractivity contribution >= 4 is 5.91 Å². The van der Waals surface area contributed by atoms with Crippen LogP contribution in [0.1, 0.15) is 37.8 Å². The smallest absolute Gasteiger partial charge is 0.222 e. The highest BCUT2D eigenvalue weighted by Crippen LogP contribution is 2.33. The Bertz CT molecular complexity index is 397. The third kappa shape index (κ3) is 2.92. The number of aromatic amines is 1. The summed E-state index contributed by atoms with van der Waals surface area (Å²) in [4.78, 5) is 14.2. The summed E-state index contributed by atoms with van der Waals surface area (Å²) in [6, 6.07) is 2.03. The molecule has 2 fully saturated rings. The van der Waals surface area contributed by atoms with E-state index >= 15 is 0 Å². The van der Waals surface area contributed by atoms with Gasteiger partial charge in [0.1, 0.15) is 0 Å². The van der Waals surface area contributed by atoms with Crippen molar-refractivity contribution in [3.05, 3.63) is 18.0 Å². The summed E-state index contributed by atoms with van der Waals surface area (Å²) < 4.78 is 0. The number of H-pyrrole nitrogens is 1. The average molecular weight is 247 g/mol. The molecule has 1 aromatic heterocycles. The zero-order chi connectivity index (χ0) is 12.4. The fraction of sp³-hybridized carbons (Fsp3) is 0.714. The molecule has 4 heteroatoms. The zero-order valence-corrected chi connectivity index (χ0v) is 10.8. The number of amides is 1. The van der Waals surface area contributed by atoms with Gasteiger partial charge >= 0.3 is 0 Å². The summed E-state index contributed by atoms with van der Waals surface area (Å²) in [5, 5.41) is 7.00. The van der Waals surface area contributed by atoms with Gasteiger partial charge in [-0.2, -0.15) is 5.10 Å². The molecule has 98 valence electrons. The predicted molar refractivity (Wildman–Crippen MR) is 68.9 cm³/mol. The van der Waals surface area contributed by atoms with Crippen LogP contribution >= 0.6 is 0 Å². The molecule has 1 saturated heterocycles. The molecule has 4 nitrogen and oxygen atoms in total. The number of hydrogen-bond donors (Lipinski definition) is 1. The highest BCUT2D eigenvalue weighted by molar-refractivity contribution is 5.76. The summed E-state index contributed by atoms with van der Waals surface area (Å²) in [5.41, 5.74) is 1.19. The Morgan fingerprint density at radius 1 is 1.39 bits per heavy atom. The van der Waals surface area contributed by atoms with Gasteiger partial charge in [-0.05, 0) is 50.0 Å². The van der Waals surface area contributed by atoms with E-state index in [0.29, 0.717) is 17.7 Å². The monoisotopic (exact) mass is 247 g/mol. The summed E-state index contributed by atoms with van der Waals surface area (Å²) in [6.07, 6.45) is 8.51. The van der Waals surface area contributed by atoms with Gasteiger partial charge in [-0.3, -0.25) is 9.89 Å². The van der Waals surface area contributed by atoms with E-state index in [1.807, 2.05) is 6.07 Å². The number of piperidine rings is 1. The molecule has 1 N–H and O–H groups in total. The van der Waals surface area contributed by atoms with Crippen molar-refractivity contribution in [1.29, 1.82) is 0 Å². The van der Waals surface area contributed by atoms with Gasteiger partial charge in [0.05, 0.1) is 0 Å². The molecule has 0 radical (unpaired) electrons. The number of carbonyl (C=O) groups is 1. The molecule has 0 spiro atoms. The van der Waals surface area contributed by atoms with Crippen LogP contribution in [-0.4, -0.2) is 34.1 Å². The van der Waals surface area contributed by atoms with E-state index in [2.05, 4.69) is 15.1 Å². The first kappa shape index (κ1) is 11.8. The Morgan fingerprint density at radius 2 is 2.28 bits per heavy atom. The van der Waals surface area contributed by atoms with E-state index < -0.39 is 0 Å². The number of aromatic nitrogens is 2. The van der Waals surface area contributed by atoms with Gasteiger partial charge in [-0.1, -0.05) is 0 Å². The SMILES string of the molecule is O=C(CC1CC1)N1CCCC(Cc2ccn[nH]2)C1. The van der Waals surface area contributed by atoms with Crippen LogP contribution in [0.15, 0.2) is 12.3 Å². The number of hydrogen-bond acceptors (Lipinski definition) is 2. The van der Waals surface area contributed by atoms with E-state index in [9.17, 15) is 4.79 Å². The molecule has 1 aromatic rings. The van der Waals surface area contributed by atoms with E-state index in [1.54, 1.807) is 6.20 Å². The second-order valence-electron chi connectivity index (χ2n) is 5.78. The maximum atomic E-state index is 12.1. The second kappa shape index (κ2) is 5.12. The van der Waals surface area contributed by atoms with Gasteiger partial charge in [0.2, 0.25) is 5.91 Å². The fourth-order valence-electron chi connectivity index (χ4n) is 2.87. The van der Waals surface area contributed by atoms with Crippen LogP contribution in [0.2, 0.25) is 0 Å². The Balaban J connectivity index is 1.52. The van der Waals surface area contributed by atoms with Crippen molar-refractivity contribution in [2.75, 3.05) is 13.1 Å². The molecule has 1 atom stereocenters. The van der Waals surface area contributed by atoms with Gasteiger partial charge in [0.25, 0.3) is 0 Å². The number of carbonyl (C=O) groups excluding carboxylic acids is 1. The molecule has 1 saturated carbocycles. The lowest BCUT2D eigenvalue weighted by molar-refractivity contribution is -0.133. The number of likely N-dealkylation sites (tertiary alicyclic amines) is 1. The molecule has 18 heavy (non-hydrogen) atoms. The third-order valence-corrected chi connectivity index (χ3v) is 4.10. The Morgan fingerprint density at radius 3 is 3.00 bits per heavy atom. The fourth-order valence-corrected chi connectivity index (χ4v) is 2.87. The van der Waals surface area contributed by atoms with E-state index in [1.165, 1.54) is 25.0 Å². The molecule has 1 aliphatic heterocycles. The maximum absolute atomic E-state index is 12.1. The minimum absolute atomic E-state index is 0.381.